The number of likely N-dealkylation sites (tertiary alicyclic amines) is 1. The number of rotatable bonds is 3. The van der Waals surface area contributed by atoms with Gasteiger partial charge in [0.05, 0.1) is 23.2 Å². The van der Waals surface area contributed by atoms with Gasteiger partial charge in [0.2, 0.25) is 5.91 Å². The Hall–Kier alpha value is -1.62. The van der Waals surface area contributed by atoms with Gasteiger partial charge in [-0.15, -0.1) is 11.3 Å². The average Bonchev–Trinajstić information content (AvgIpc) is 3.07. The fraction of sp³-hybridized carbons (Fsp3) is 0.529. The van der Waals surface area contributed by atoms with Crippen molar-refractivity contribution >= 4 is 17.2 Å². The van der Waals surface area contributed by atoms with Gasteiger partial charge in [0, 0.05) is 11.9 Å². The molecule has 0 aliphatic carbocycles. The standard InChI is InChI=1S/C17H22N2O2S/c1-11-6-7-19(15(8-11)16-5-4-12(2)21-16)17(20)9-14-10-22-13(3)18-14/h4-5,10-11,15H,6-9H2,1-3H3. The number of carbonyl (C=O) groups excluding carboxylic acids is 1. The lowest BCUT2D eigenvalue weighted by Gasteiger charge is -2.37. The van der Waals surface area contributed by atoms with Gasteiger partial charge in [-0.25, -0.2) is 4.98 Å². The lowest BCUT2D eigenvalue weighted by molar-refractivity contribution is -0.135. The largest absolute Gasteiger partial charge is 0.464 e. The summed E-state index contributed by atoms with van der Waals surface area (Å²) in [7, 11) is 0. The van der Waals surface area contributed by atoms with Crippen molar-refractivity contribution in [2.75, 3.05) is 6.54 Å². The Morgan fingerprint density at radius 2 is 2.27 bits per heavy atom. The van der Waals surface area contributed by atoms with Crippen LogP contribution >= 0.6 is 11.3 Å². The smallest absolute Gasteiger partial charge is 0.229 e. The Balaban J connectivity index is 1.78. The molecule has 0 aromatic carbocycles. The zero-order chi connectivity index (χ0) is 15.7. The lowest BCUT2D eigenvalue weighted by Crippen LogP contribution is -2.41. The SMILES string of the molecule is Cc1ccc(C2CC(C)CCN2C(=O)Cc2csc(C)n2)o1. The van der Waals surface area contributed by atoms with E-state index in [2.05, 4.69) is 11.9 Å². The number of amides is 1. The van der Waals surface area contributed by atoms with Gasteiger partial charge in [-0.3, -0.25) is 4.79 Å². The molecule has 0 bridgehead atoms. The summed E-state index contributed by atoms with van der Waals surface area (Å²) in [5.41, 5.74) is 0.875. The minimum absolute atomic E-state index is 0.0599. The fourth-order valence-corrected chi connectivity index (χ4v) is 3.70. The van der Waals surface area contributed by atoms with Crippen LogP contribution < -0.4 is 0 Å². The van der Waals surface area contributed by atoms with Crippen LogP contribution in [0.3, 0.4) is 0 Å². The van der Waals surface area contributed by atoms with Crippen molar-refractivity contribution in [3.8, 4) is 0 Å². The van der Waals surface area contributed by atoms with Gasteiger partial charge in [0.15, 0.2) is 0 Å². The third kappa shape index (κ3) is 3.24. The van der Waals surface area contributed by atoms with E-state index in [1.807, 2.05) is 36.3 Å². The van der Waals surface area contributed by atoms with E-state index in [9.17, 15) is 4.79 Å². The second-order valence-corrected chi connectivity index (χ2v) is 7.28. The summed E-state index contributed by atoms with van der Waals surface area (Å²) in [6.07, 6.45) is 2.40. The highest BCUT2D eigenvalue weighted by Crippen LogP contribution is 2.35. The summed E-state index contributed by atoms with van der Waals surface area (Å²) in [6, 6.07) is 4.04. The van der Waals surface area contributed by atoms with Crippen LogP contribution in [0.1, 0.15) is 48.0 Å². The molecule has 1 amide bonds. The summed E-state index contributed by atoms with van der Waals surface area (Å²) >= 11 is 1.59. The maximum absolute atomic E-state index is 12.7. The number of carbonyl (C=O) groups is 1. The summed E-state index contributed by atoms with van der Waals surface area (Å²) in [4.78, 5) is 19.1. The number of thiazole rings is 1. The maximum atomic E-state index is 12.7. The number of furan rings is 1. The topological polar surface area (TPSA) is 46.3 Å². The summed E-state index contributed by atoms with van der Waals surface area (Å²) in [6.45, 7) is 6.96. The van der Waals surface area contributed by atoms with Crippen molar-refractivity contribution in [2.45, 2.75) is 46.1 Å². The van der Waals surface area contributed by atoms with E-state index in [1.165, 1.54) is 0 Å². The third-order valence-corrected chi connectivity index (χ3v) is 5.10. The maximum Gasteiger partial charge on any atom is 0.229 e. The van der Waals surface area contributed by atoms with Crippen LogP contribution in [0.4, 0.5) is 0 Å². The first kappa shape index (κ1) is 15.3. The van der Waals surface area contributed by atoms with E-state index in [-0.39, 0.29) is 11.9 Å². The highest BCUT2D eigenvalue weighted by Gasteiger charge is 2.33. The Kier molecular flexibility index (Phi) is 4.34. The van der Waals surface area contributed by atoms with Crippen LogP contribution in [-0.2, 0) is 11.2 Å². The zero-order valence-corrected chi connectivity index (χ0v) is 14.2. The molecule has 3 rings (SSSR count). The van der Waals surface area contributed by atoms with Crippen LogP contribution in [0.25, 0.3) is 0 Å². The van der Waals surface area contributed by atoms with Gasteiger partial charge >= 0.3 is 0 Å². The molecular formula is C17H22N2O2S. The van der Waals surface area contributed by atoms with Crippen LogP contribution in [0, 0.1) is 19.8 Å². The molecule has 1 aliphatic rings. The summed E-state index contributed by atoms with van der Waals surface area (Å²) < 4.78 is 5.80. The van der Waals surface area contributed by atoms with Gasteiger partial charge in [-0.05, 0) is 44.7 Å². The first-order valence-electron chi connectivity index (χ1n) is 7.79. The van der Waals surface area contributed by atoms with Crippen molar-refractivity contribution < 1.29 is 9.21 Å². The Bertz CT molecular complexity index is 661. The predicted octanol–water partition coefficient (Wildman–Crippen LogP) is 3.90. The van der Waals surface area contributed by atoms with E-state index in [1.54, 1.807) is 11.3 Å². The molecule has 118 valence electrons. The number of piperidine rings is 1. The molecule has 1 fully saturated rings. The van der Waals surface area contributed by atoms with Crippen molar-refractivity contribution in [1.29, 1.82) is 0 Å². The van der Waals surface area contributed by atoms with Gasteiger partial charge in [0.1, 0.15) is 11.5 Å². The first-order valence-corrected chi connectivity index (χ1v) is 8.67. The van der Waals surface area contributed by atoms with Crippen molar-refractivity contribution in [3.05, 3.63) is 39.7 Å². The minimum atomic E-state index is 0.0599. The van der Waals surface area contributed by atoms with E-state index < -0.39 is 0 Å². The van der Waals surface area contributed by atoms with Gasteiger partial charge < -0.3 is 9.32 Å². The second-order valence-electron chi connectivity index (χ2n) is 6.22. The Labute approximate surface area is 135 Å². The van der Waals surface area contributed by atoms with Crippen molar-refractivity contribution in [2.24, 2.45) is 5.92 Å². The third-order valence-electron chi connectivity index (χ3n) is 4.27. The molecule has 2 aromatic rings. The summed E-state index contributed by atoms with van der Waals surface area (Å²) in [5, 5.41) is 2.99. The minimum Gasteiger partial charge on any atom is -0.464 e. The van der Waals surface area contributed by atoms with Crippen LogP contribution in [0.15, 0.2) is 21.9 Å². The van der Waals surface area contributed by atoms with Crippen molar-refractivity contribution in [3.63, 3.8) is 0 Å². The number of hydrogen-bond donors (Lipinski definition) is 0. The molecular weight excluding hydrogens is 296 g/mol. The van der Waals surface area contributed by atoms with E-state index >= 15 is 0 Å². The van der Waals surface area contributed by atoms with Crippen LogP contribution in [0.5, 0.6) is 0 Å². The molecule has 22 heavy (non-hydrogen) atoms. The lowest BCUT2D eigenvalue weighted by atomic mass is 9.90. The van der Waals surface area contributed by atoms with Crippen LogP contribution in [-0.4, -0.2) is 22.3 Å². The molecule has 0 N–H and O–H groups in total. The number of nitrogens with zero attached hydrogens (tertiary/aromatic N) is 2. The molecule has 2 unspecified atom stereocenters. The quantitative estimate of drug-likeness (QED) is 0.862. The van der Waals surface area contributed by atoms with Crippen molar-refractivity contribution in [1.82, 2.24) is 9.88 Å². The molecule has 4 nitrogen and oxygen atoms in total. The van der Waals surface area contributed by atoms with E-state index in [0.29, 0.717) is 12.3 Å². The molecule has 1 aliphatic heterocycles. The van der Waals surface area contributed by atoms with Gasteiger partial charge in [0.25, 0.3) is 0 Å². The van der Waals surface area contributed by atoms with Crippen LogP contribution in [0.2, 0.25) is 0 Å². The predicted molar refractivity (Wildman–Crippen MR) is 86.9 cm³/mol. The fourth-order valence-electron chi connectivity index (χ4n) is 3.09. The van der Waals surface area contributed by atoms with E-state index in [4.69, 9.17) is 4.42 Å². The molecule has 2 aromatic heterocycles. The molecule has 5 heteroatoms. The molecule has 0 saturated carbocycles. The average molecular weight is 318 g/mol. The zero-order valence-electron chi connectivity index (χ0n) is 13.3. The summed E-state index contributed by atoms with van der Waals surface area (Å²) in [5.74, 6) is 2.57. The normalized spacial score (nSPS) is 22.0. The molecule has 0 radical (unpaired) electrons. The second kappa shape index (κ2) is 6.24. The van der Waals surface area contributed by atoms with Gasteiger partial charge in [-0.2, -0.15) is 0 Å². The number of aryl methyl sites for hydroxylation is 2. The molecule has 2 atom stereocenters. The van der Waals surface area contributed by atoms with Gasteiger partial charge in [-0.1, -0.05) is 6.92 Å². The number of aromatic nitrogens is 1. The molecule has 0 spiro atoms. The number of hydrogen-bond acceptors (Lipinski definition) is 4. The molecule has 3 heterocycles. The highest BCUT2D eigenvalue weighted by molar-refractivity contribution is 7.09. The Morgan fingerprint density at radius 3 is 2.91 bits per heavy atom. The monoisotopic (exact) mass is 318 g/mol. The van der Waals surface area contributed by atoms with E-state index in [0.717, 1.165) is 41.6 Å². The highest BCUT2D eigenvalue weighted by atomic mass is 32.1. The molecule has 1 saturated heterocycles. The Morgan fingerprint density at radius 1 is 1.45 bits per heavy atom. The first-order chi connectivity index (χ1) is 10.5.